The standard InChI is InChI=1S/C18H26Cl2N2O/c1-12(2)13(3)21-18(23)14-6-8-22(9-7-14)11-15-4-5-16(19)10-17(15)20/h4-5,10,12-14H,6-9,11H2,1-3H3,(H,21,23). The van der Waals surface area contributed by atoms with Crippen LogP contribution in [0.15, 0.2) is 18.2 Å². The van der Waals surface area contributed by atoms with E-state index in [-0.39, 0.29) is 17.9 Å². The molecule has 0 spiro atoms. The Hall–Kier alpha value is -0.770. The van der Waals surface area contributed by atoms with E-state index in [1.54, 1.807) is 6.07 Å². The first-order valence-electron chi connectivity index (χ1n) is 8.33. The average Bonchev–Trinajstić information content (AvgIpc) is 2.50. The van der Waals surface area contributed by atoms with E-state index >= 15 is 0 Å². The molecule has 0 bridgehead atoms. The Morgan fingerprint density at radius 1 is 1.26 bits per heavy atom. The van der Waals surface area contributed by atoms with Gasteiger partial charge in [0.2, 0.25) is 5.91 Å². The van der Waals surface area contributed by atoms with E-state index < -0.39 is 0 Å². The molecule has 1 unspecified atom stereocenters. The minimum absolute atomic E-state index is 0.133. The number of rotatable bonds is 5. The lowest BCUT2D eigenvalue weighted by atomic mass is 9.94. The maximum atomic E-state index is 12.3. The van der Waals surface area contributed by atoms with Crippen molar-refractivity contribution in [2.45, 2.75) is 46.2 Å². The van der Waals surface area contributed by atoms with Crippen LogP contribution in [0.2, 0.25) is 10.0 Å². The second-order valence-electron chi connectivity index (χ2n) is 6.83. The molecule has 1 saturated heterocycles. The Morgan fingerprint density at radius 2 is 1.91 bits per heavy atom. The predicted molar refractivity (Wildman–Crippen MR) is 96.9 cm³/mol. The number of hydrogen-bond donors (Lipinski definition) is 1. The van der Waals surface area contributed by atoms with Gasteiger partial charge in [0.05, 0.1) is 0 Å². The minimum atomic E-state index is 0.133. The van der Waals surface area contributed by atoms with Gasteiger partial charge in [-0.05, 0) is 56.5 Å². The molecule has 23 heavy (non-hydrogen) atoms. The summed E-state index contributed by atoms with van der Waals surface area (Å²) in [7, 11) is 0. The quantitative estimate of drug-likeness (QED) is 0.849. The number of carbonyl (C=O) groups is 1. The lowest BCUT2D eigenvalue weighted by Gasteiger charge is -2.32. The zero-order valence-corrected chi connectivity index (χ0v) is 15.6. The van der Waals surface area contributed by atoms with Gasteiger partial charge in [0.1, 0.15) is 0 Å². The monoisotopic (exact) mass is 356 g/mol. The predicted octanol–water partition coefficient (Wildman–Crippen LogP) is 4.37. The third-order valence-electron chi connectivity index (χ3n) is 4.74. The Bertz CT molecular complexity index is 540. The van der Waals surface area contributed by atoms with E-state index in [1.807, 2.05) is 12.1 Å². The number of piperidine rings is 1. The highest BCUT2D eigenvalue weighted by molar-refractivity contribution is 6.35. The molecule has 0 saturated carbocycles. The highest BCUT2D eigenvalue weighted by Crippen LogP contribution is 2.25. The largest absolute Gasteiger partial charge is 0.353 e. The van der Waals surface area contributed by atoms with Gasteiger partial charge < -0.3 is 5.32 Å². The van der Waals surface area contributed by atoms with Crippen LogP contribution >= 0.6 is 23.2 Å². The molecule has 0 aromatic heterocycles. The summed E-state index contributed by atoms with van der Waals surface area (Å²) in [6.07, 6.45) is 1.81. The van der Waals surface area contributed by atoms with Gasteiger partial charge in [0.25, 0.3) is 0 Å². The van der Waals surface area contributed by atoms with Gasteiger partial charge in [-0.3, -0.25) is 9.69 Å². The fraction of sp³-hybridized carbons (Fsp3) is 0.611. The molecule has 1 aromatic carbocycles. The van der Waals surface area contributed by atoms with Crippen molar-refractivity contribution in [2.75, 3.05) is 13.1 Å². The molecule has 1 atom stereocenters. The van der Waals surface area contributed by atoms with E-state index in [0.29, 0.717) is 16.0 Å². The molecule has 0 radical (unpaired) electrons. The highest BCUT2D eigenvalue weighted by atomic mass is 35.5. The fourth-order valence-electron chi connectivity index (χ4n) is 2.75. The van der Waals surface area contributed by atoms with Gasteiger partial charge in [-0.2, -0.15) is 0 Å². The van der Waals surface area contributed by atoms with Crippen molar-refractivity contribution in [1.82, 2.24) is 10.2 Å². The average molecular weight is 357 g/mol. The summed E-state index contributed by atoms with van der Waals surface area (Å²) in [5.41, 5.74) is 1.09. The minimum Gasteiger partial charge on any atom is -0.353 e. The van der Waals surface area contributed by atoms with Crippen LogP contribution in [-0.2, 0) is 11.3 Å². The molecular formula is C18H26Cl2N2O. The zero-order valence-electron chi connectivity index (χ0n) is 14.1. The maximum absolute atomic E-state index is 12.3. The van der Waals surface area contributed by atoms with Crippen molar-refractivity contribution in [2.24, 2.45) is 11.8 Å². The third-order valence-corrected chi connectivity index (χ3v) is 5.32. The third kappa shape index (κ3) is 5.37. The second kappa shape index (κ2) is 8.36. The Balaban J connectivity index is 1.83. The first kappa shape index (κ1) is 18.6. The highest BCUT2D eigenvalue weighted by Gasteiger charge is 2.26. The van der Waals surface area contributed by atoms with Gasteiger partial charge in [-0.15, -0.1) is 0 Å². The Kier molecular flexibility index (Phi) is 6.75. The number of amides is 1. The Morgan fingerprint density at radius 3 is 2.48 bits per heavy atom. The topological polar surface area (TPSA) is 32.3 Å². The molecule has 0 aliphatic carbocycles. The van der Waals surface area contributed by atoms with Crippen molar-refractivity contribution in [1.29, 1.82) is 0 Å². The van der Waals surface area contributed by atoms with E-state index in [1.165, 1.54) is 0 Å². The van der Waals surface area contributed by atoms with Crippen LogP contribution < -0.4 is 5.32 Å². The molecule has 1 heterocycles. The number of halogens is 2. The molecule has 1 N–H and O–H groups in total. The molecule has 128 valence electrons. The number of benzene rings is 1. The SMILES string of the molecule is CC(C)C(C)NC(=O)C1CCN(Cc2ccc(Cl)cc2Cl)CC1. The van der Waals surface area contributed by atoms with Crippen molar-refractivity contribution < 1.29 is 4.79 Å². The summed E-state index contributed by atoms with van der Waals surface area (Å²) in [5, 5.41) is 4.51. The molecular weight excluding hydrogens is 331 g/mol. The molecule has 1 fully saturated rings. The molecule has 1 amide bonds. The molecule has 3 nitrogen and oxygen atoms in total. The fourth-order valence-corrected chi connectivity index (χ4v) is 3.22. The Labute approximate surface area is 149 Å². The van der Waals surface area contributed by atoms with Gasteiger partial charge in [-0.25, -0.2) is 0 Å². The van der Waals surface area contributed by atoms with E-state index in [4.69, 9.17) is 23.2 Å². The van der Waals surface area contributed by atoms with Crippen LogP contribution in [0.4, 0.5) is 0 Å². The molecule has 1 aromatic rings. The van der Waals surface area contributed by atoms with Crippen molar-refractivity contribution in [3.05, 3.63) is 33.8 Å². The summed E-state index contributed by atoms with van der Waals surface area (Å²) in [6.45, 7) is 8.99. The molecule has 1 aliphatic rings. The normalized spacial score (nSPS) is 18.2. The van der Waals surface area contributed by atoms with Crippen LogP contribution in [0.1, 0.15) is 39.2 Å². The number of nitrogens with one attached hydrogen (secondary N) is 1. The summed E-state index contributed by atoms with van der Waals surface area (Å²) in [5.74, 6) is 0.801. The van der Waals surface area contributed by atoms with Crippen molar-refractivity contribution in [3.63, 3.8) is 0 Å². The zero-order chi connectivity index (χ0) is 17.0. The number of carbonyl (C=O) groups excluding carboxylic acids is 1. The van der Waals surface area contributed by atoms with Crippen molar-refractivity contribution >= 4 is 29.1 Å². The number of hydrogen-bond acceptors (Lipinski definition) is 2. The van der Waals surface area contributed by atoms with Gasteiger partial charge in [-0.1, -0.05) is 43.1 Å². The van der Waals surface area contributed by atoms with E-state index in [9.17, 15) is 4.79 Å². The summed E-state index contributed by atoms with van der Waals surface area (Å²) in [4.78, 5) is 14.7. The maximum Gasteiger partial charge on any atom is 0.223 e. The van der Waals surface area contributed by atoms with Crippen molar-refractivity contribution in [3.8, 4) is 0 Å². The van der Waals surface area contributed by atoms with Crippen LogP contribution in [0.3, 0.4) is 0 Å². The summed E-state index contributed by atoms with van der Waals surface area (Å²) < 4.78 is 0. The summed E-state index contributed by atoms with van der Waals surface area (Å²) >= 11 is 12.2. The number of likely N-dealkylation sites (tertiary alicyclic amines) is 1. The molecule has 1 aliphatic heterocycles. The van der Waals surface area contributed by atoms with Crippen LogP contribution in [0.25, 0.3) is 0 Å². The first-order chi connectivity index (χ1) is 10.9. The smallest absolute Gasteiger partial charge is 0.223 e. The summed E-state index contributed by atoms with van der Waals surface area (Å²) in [6, 6.07) is 5.86. The number of nitrogens with zero attached hydrogens (tertiary/aromatic N) is 1. The van der Waals surface area contributed by atoms with E-state index in [2.05, 4.69) is 31.0 Å². The van der Waals surface area contributed by atoms with Gasteiger partial charge in [0, 0.05) is 28.5 Å². The van der Waals surface area contributed by atoms with Crippen LogP contribution in [-0.4, -0.2) is 29.9 Å². The molecule has 5 heteroatoms. The first-order valence-corrected chi connectivity index (χ1v) is 9.09. The van der Waals surface area contributed by atoms with Gasteiger partial charge in [0.15, 0.2) is 0 Å². The van der Waals surface area contributed by atoms with Crippen LogP contribution in [0.5, 0.6) is 0 Å². The molecule has 2 rings (SSSR count). The van der Waals surface area contributed by atoms with E-state index in [0.717, 1.165) is 38.0 Å². The van der Waals surface area contributed by atoms with Crippen LogP contribution in [0, 0.1) is 11.8 Å². The van der Waals surface area contributed by atoms with Gasteiger partial charge >= 0.3 is 0 Å². The lowest BCUT2D eigenvalue weighted by Crippen LogP contribution is -2.44. The second-order valence-corrected chi connectivity index (χ2v) is 7.67. The lowest BCUT2D eigenvalue weighted by molar-refractivity contribution is -0.127.